The summed E-state index contributed by atoms with van der Waals surface area (Å²) in [7, 11) is 1.59. The second kappa shape index (κ2) is 6.47. The highest BCUT2D eigenvalue weighted by molar-refractivity contribution is 5.94. The third kappa shape index (κ3) is 3.55. The maximum Gasteiger partial charge on any atom is 0.227 e. The lowest BCUT2D eigenvalue weighted by Crippen LogP contribution is -2.13. The monoisotopic (exact) mass is 298 g/mol. The molecule has 1 aromatic carbocycles. The molecule has 0 saturated heterocycles. The van der Waals surface area contributed by atoms with E-state index in [1.165, 1.54) is 0 Å². The summed E-state index contributed by atoms with van der Waals surface area (Å²) in [6.07, 6.45) is 5.43. The number of methoxy groups -OCH3 is 1. The molecule has 1 N–H and O–H groups in total. The van der Waals surface area contributed by atoms with Crippen LogP contribution in [0.25, 0.3) is 0 Å². The smallest absolute Gasteiger partial charge is 0.227 e. The first kappa shape index (κ1) is 14.4. The van der Waals surface area contributed by atoms with Gasteiger partial charge in [0.15, 0.2) is 11.5 Å². The fourth-order valence-electron chi connectivity index (χ4n) is 2.10. The van der Waals surface area contributed by atoms with Gasteiger partial charge in [-0.3, -0.25) is 9.78 Å². The number of hydrogen-bond acceptors (Lipinski definition) is 4. The van der Waals surface area contributed by atoms with Crippen LogP contribution in [0, 0.1) is 5.92 Å². The van der Waals surface area contributed by atoms with Gasteiger partial charge in [-0.1, -0.05) is 6.07 Å². The summed E-state index contributed by atoms with van der Waals surface area (Å²) in [5.74, 6) is 1.47. The van der Waals surface area contributed by atoms with Gasteiger partial charge < -0.3 is 14.8 Å². The first-order valence-electron chi connectivity index (χ1n) is 7.27. The van der Waals surface area contributed by atoms with Gasteiger partial charge in [0.05, 0.1) is 7.11 Å². The zero-order chi connectivity index (χ0) is 15.4. The van der Waals surface area contributed by atoms with Crippen LogP contribution in [0.4, 0.5) is 5.69 Å². The van der Waals surface area contributed by atoms with Gasteiger partial charge in [0, 0.05) is 35.6 Å². The van der Waals surface area contributed by atoms with Gasteiger partial charge in [-0.05, 0) is 31.0 Å². The van der Waals surface area contributed by atoms with E-state index in [0.29, 0.717) is 18.1 Å². The zero-order valence-electron chi connectivity index (χ0n) is 12.4. The summed E-state index contributed by atoms with van der Waals surface area (Å²) >= 11 is 0. The molecule has 3 rings (SSSR count). The molecule has 0 aliphatic heterocycles. The third-order valence-electron chi connectivity index (χ3n) is 3.50. The van der Waals surface area contributed by atoms with E-state index in [-0.39, 0.29) is 11.8 Å². The largest absolute Gasteiger partial charge is 0.493 e. The number of rotatable bonds is 6. The molecule has 1 fully saturated rings. The lowest BCUT2D eigenvalue weighted by atomic mass is 10.2. The Labute approximate surface area is 129 Å². The molecule has 1 aliphatic rings. The van der Waals surface area contributed by atoms with E-state index in [1.54, 1.807) is 31.6 Å². The number of aromatic nitrogens is 1. The van der Waals surface area contributed by atoms with Crippen LogP contribution < -0.4 is 14.8 Å². The molecular weight excluding hydrogens is 280 g/mol. The van der Waals surface area contributed by atoms with Crippen molar-refractivity contribution in [2.45, 2.75) is 19.4 Å². The highest BCUT2D eigenvalue weighted by Crippen LogP contribution is 2.33. The average Bonchev–Trinajstić information content (AvgIpc) is 3.39. The van der Waals surface area contributed by atoms with Crippen molar-refractivity contribution in [2.24, 2.45) is 5.92 Å². The molecule has 5 nitrogen and oxygen atoms in total. The molecule has 1 aliphatic carbocycles. The standard InChI is InChI=1S/C17H18N2O3/c1-21-15-7-6-14(19-17(20)13-4-5-13)9-16(15)22-11-12-3-2-8-18-10-12/h2-3,6-10,13H,4-5,11H2,1H3,(H,19,20). The molecular formula is C17H18N2O3. The molecule has 1 heterocycles. The number of benzene rings is 1. The Morgan fingerprint density at radius 1 is 1.32 bits per heavy atom. The molecule has 114 valence electrons. The van der Waals surface area contributed by atoms with E-state index in [0.717, 1.165) is 24.1 Å². The Kier molecular flexibility index (Phi) is 4.23. The minimum atomic E-state index is 0.0726. The number of nitrogens with zero attached hydrogens (tertiary/aromatic N) is 1. The van der Waals surface area contributed by atoms with Crippen molar-refractivity contribution in [1.82, 2.24) is 4.98 Å². The van der Waals surface area contributed by atoms with Crippen molar-refractivity contribution in [3.05, 3.63) is 48.3 Å². The van der Waals surface area contributed by atoms with E-state index in [4.69, 9.17) is 9.47 Å². The molecule has 1 amide bonds. The van der Waals surface area contributed by atoms with E-state index >= 15 is 0 Å². The van der Waals surface area contributed by atoms with Gasteiger partial charge >= 0.3 is 0 Å². The number of pyridine rings is 1. The Morgan fingerprint density at radius 2 is 2.18 bits per heavy atom. The number of carbonyl (C=O) groups excluding carboxylic acids is 1. The van der Waals surface area contributed by atoms with Gasteiger partial charge in [-0.2, -0.15) is 0 Å². The van der Waals surface area contributed by atoms with Gasteiger partial charge in [0.25, 0.3) is 0 Å². The van der Waals surface area contributed by atoms with Crippen LogP contribution in [0.15, 0.2) is 42.7 Å². The van der Waals surface area contributed by atoms with E-state index < -0.39 is 0 Å². The van der Waals surface area contributed by atoms with Gasteiger partial charge in [-0.15, -0.1) is 0 Å². The quantitative estimate of drug-likeness (QED) is 0.890. The summed E-state index contributed by atoms with van der Waals surface area (Å²) in [6, 6.07) is 9.20. The number of carbonyl (C=O) groups is 1. The molecule has 0 radical (unpaired) electrons. The molecule has 0 atom stereocenters. The summed E-state index contributed by atoms with van der Waals surface area (Å²) in [6.45, 7) is 0.393. The van der Waals surface area contributed by atoms with Crippen LogP contribution in [-0.4, -0.2) is 18.0 Å². The molecule has 1 saturated carbocycles. The number of ether oxygens (including phenoxy) is 2. The number of hydrogen-bond donors (Lipinski definition) is 1. The molecule has 2 aromatic rings. The molecule has 0 bridgehead atoms. The van der Waals surface area contributed by atoms with Crippen molar-refractivity contribution in [1.29, 1.82) is 0 Å². The minimum Gasteiger partial charge on any atom is -0.493 e. The molecule has 5 heteroatoms. The lowest BCUT2D eigenvalue weighted by Gasteiger charge is -2.13. The second-order valence-electron chi connectivity index (χ2n) is 5.28. The van der Waals surface area contributed by atoms with Gasteiger partial charge in [0.1, 0.15) is 6.61 Å². The number of nitrogens with one attached hydrogen (secondary N) is 1. The van der Waals surface area contributed by atoms with Crippen LogP contribution in [0.3, 0.4) is 0 Å². The molecule has 0 unspecified atom stereocenters. The number of anilines is 1. The summed E-state index contributed by atoms with van der Waals surface area (Å²) < 4.78 is 11.1. The van der Waals surface area contributed by atoms with Crippen LogP contribution >= 0.6 is 0 Å². The van der Waals surface area contributed by atoms with Crippen molar-refractivity contribution in [3.63, 3.8) is 0 Å². The Hall–Kier alpha value is -2.56. The SMILES string of the molecule is COc1ccc(NC(=O)C2CC2)cc1OCc1cccnc1. The highest BCUT2D eigenvalue weighted by atomic mass is 16.5. The highest BCUT2D eigenvalue weighted by Gasteiger charge is 2.29. The van der Waals surface area contributed by atoms with Crippen molar-refractivity contribution in [3.8, 4) is 11.5 Å². The Bertz CT molecular complexity index is 654. The predicted molar refractivity (Wildman–Crippen MR) is 82.9 cm³/mol. The summed E-state index contributed by atoms with van der Waals surface area (Å²) in [4.78, 5) is 15.9. The molecule has 1 aromatic heterocycles. The second-order valence-corrected chi connectivity index (χ2v) is 5.28. The first-order valence-corrected chi connectivity index (χ1v) is 7.27. The third-order valence-corrected chi connectivity index (χ3v) is 3.50. The summed E-state index contributed by atoms with van der Waals surface area (Å²) in [5.41, 5.74) is 1.69. The van der Waals surface area contributed by atoms with Gasteiger partial charge in [-0.25, -0.2) is 0 Å². The van der Waals surface area contributed by atoms with Crippen LogP contribution in [0.1, 0.15) is 18.4 Å². The molecule has 22 heavy (non-hydrogen) atoms. The normalized spacial score (nSPS) is 13.5. The zero-order valence-corrected chi connectivity index (χ0v) is 12.4. The Morgan fingerprint density at radius 3 is 2.86 bits per heavy atom. The van der Waals surface area contributed by atoms with Crippen LogP contribution in [-0.2, 0) is 11.4 Å². The number of amides is 1. The van der Waals surface area contributed by atoms with E-state index in [1.807, 2.05) is 18.2 Å². The lowest BCUT2D eigenvalue weighted by molar-refractivity contribution is -0.117. The van der Waals surface area contributed by atoms with E-state index in [2.05, 4.69) is 10.3 Å². The van der Waals surface area contributed by atoms with Crippen LogP contribution in [0.2, 0.25) is 0 Å². The van der Waals surface area contributed by atoms with Crippen LogP contribution in [0.5, 0.6) is 11.5 Å². The van der Waals surface area contributed by atoms with E-state index in [9.17, 15) is 4.79 Å². The van der Waals surface area contributed by atoms with Crippen molar-refractivity contribution in [2.75, 3.05) is 12.4 Å². The maximum atomic E-state index is 11.8. The average molecular weight is 298 g/mol. The maximum absolute atomic E-state index is 11.8. The fourth-order valence-corrected chi connectivity index (χ4v) is 2.10. The van der Waals surface area contributed by atoms with Gasteiger partial charge in [0.2, 0.25) is 5.91 Å². The Balaban J connectivity index is 1.71. The molecule has 0 spiro atoms. The minimum absolute atomic E-state index is 0.0726. The summed E-state index contributed by atoms with van der Waals surface area (Å²) in [5, 5.41) is 2.91. The topological polar surface area (TPSA) is 60.5 Å². The van der Waals surface area contributed by atoms with Crippen molar-refractivity contribution < 1.29 is 14.3 Å². The fraction of sp³-hybridized carbons (Fsp3) is 0.294. The van der Waals surface area contributed by atoms with Crippen molar-refractivity contribution >= 4 is 11.6 Å². The first-order chi connectivity index (χ1) is 10.8. The predicted octanol–water partition coefficient (Wildman–Crippen LogP) is 3.02.